The van der Waals surface area contributed by atoms with Crippen molar-refractivity contribution in [3.05, 3.63) is 35.1 Å². The molecule has 0 bridgehead atoms. The number of rotatable bonds is 7. The molecule has 1 atom stereocenters. The third-order valence-electron chi connectivity index (χ3n) is 3.53. The molecule has 120 valence electrons. The topological polar surface area (TPSA) is 41.3 Å². The summed E-state index contributed by atoms with van der Waals surface area (Å²) in [5.74, 6) is 4.16. The Balaban J connectivity index is 2.91. The molecule has 1 unspecified atom stereocenters. The lowest BCUT2D eigenvalue weighted by Gasteiger charge is -2.23. The smallest absolute Gasteiger partial charge is 0.304 e. The summed E-state index contributed by atoms with van der Waals surface area (Å²) < 4.78 is 51.4. The van der Waals surface area contributed by atoms with Crippen molar-refractivity contribution in [2.75, 3.05) is 19.6 Å². The minimum Gasteiger partial charge on any atom is -0.304 e. The van der Waals surface area contributed by atoms with E-state index in [1.54, 1.807) is 0 Å². The highest BCUT2D eigenvalue weighted by Gasteiger charge is 2.34. The minimum absolute atomic E-state index is 0.332. The van der Waals surface area contributed by atoms with E-state index >= 15 is 0 Å². The second-order valence-corrected chi connectivity index (χ2v) is 4.77. The van der Waals surface area contributed by atoms with Gasteiger partial charge in [0.25, 0.3) is 0 Å². The van der Waals surface area contributed by atoms with Crippen molar-refractivity contribution in [3.63, 3.8) is 0 Å². The van der Waals surface area contributed by atoms with E-state index in [1.165, 1.54) is 6.07 Å². The van der Waals surface area contributed by atoms with Crippen molar-refractivity contribution in [1.82, 2.24) is 10.3 Å². The van der Waals surface area contributed by atoms with Gasteiger partial charge in [0.2, 0.25) is 0 Å². The van der Waals surface area contributed by atoms with Crippen LogP contribution in [-0.4, -0.2) is 24.5 Å². The Morgan fingerprint density at radius 1 is 1.24 bits per heavy atom. The normalized spacial score (nSPS) is 13.7. The Bertz CT molecular complexity index is 444. The number of nitrogens with one attached hydrogen (secondary N) is 1. The highest BCUT2D eigenvalue weighted by atomic mass is 19.4. The molecule has 1 aromatic carbocycles. The SMILES string of the molecule is CCN(CC)CCC(NN)c1ccc(F)c(C(F)(F)F)c1. The Hall–Kier alpha value is -1.18. The number of benzene rings is 1. The van der Waals surface area contributed by atoms with Gasteiger partial charge in [-0.05, 0) is 43.8 Å². The van der Waals surface area contributed by atoms with Gasteiger partial charge in [0, 0.05) is 6.04 Å². The lowest BCUT2D eigenvalue weighted by atomic mass is 10.0. The zero-order valence-corrected chi connectivity index (χ0v) is 12.2. The molecule has 0 fully saturated rings. The standard InChI is InChI=1S/C14H21F4N3/c1-3-21(4-2)8-7-13(20-19)10-5-6-12(15)11(9-10)14(16,17)18/h5-6,9,13,20H,3-4,7-8,19H2,1-2H3. The molecular weight excluding hydrogens is 286 g/mol. The van der Waals surface area contributed by atoms with E-state index in [1.807, 2.05) is 13.8 Å². The molecule has 3 nitrogen and oxygen atoms in total. The largest absolute Gasteiger partial charge is 0.419 e. The van der Waals surface area contributed by atoms with E-state index in [0.717, 1.165) is 25.2 Å². The Labute approximate surface area is 122 Å². The van der Waals surface area contributed by atoms with Gasteiger partial charge in [0.15, 0.2) is 0 Å². The third-order valence-corrected chi connectivity index (χ3v) is 3.53. The first kappa shape index (κ1) is 17.9. The molecule has 0 amide bonds. The quantitative estimate of drug-likeness (QED) is 0.462. The fraction of sp³-hybridized carbons (Fsp3) is 0.571. The molecule has 0 radical (unpaired) electrons. The highest BCUT2D eigenvalue weighted by molar-refractivity contribution is 5.29. The summed E-state index contributed by atoms with van der Waals surface area (Å²) in [7, 11) is 0. The van der Waals surface area contributed by atoms with E-state index < -0.39 is 23.6 Å². The first-order valence-electron chi connectivity index (χ1n) is 6.88. The summed E-state index contributed by atoms with van der Waals surface area (Å²) in [4.78, 5) is 2.14. The number of hydrogen-bond acceptors (Lipinski definition) is 3. The van der Waals surface area contributed by atoms with Gasteiger partial charge in [-0.25, -0.2) is 4.39 Å². The molecule has 7 heteroatoms. The minimum atomic E-state index is -4.71. The zero-order valence-electron chi connectivity index (χ0n) is 12.2. The van der Waals surface area contributed by atoms with Gasteiger partial charge in [0.1, 0.15) is 5.82 Å². The van der Waals surface area contributed by atoms with Crippen LogP contribution in [-0.2, 0) is 6.18 Å². The van der Waals surface area contributed by atoms with Crippen LogP contribution in [0.5, 0.6) is 0 Å². The lowest BCUT2D eigenvalue weighted by molar-refractivity contribution is -0.140. The summed E-state index contributed by atoms with van der Waals surface area (Å²) in [6, 6.07) is 2.53. The summed E-state index contributed by atoms with van der Waals surface area (Å²) >= 11 is 0. The molecule has 0 aliphatic rings. The molecule has 0 aromatic heterocycles. The number of hydrogen-bond donors (Lipinski definition) is 2. The van der Waals surface area contributed by atoms with Crippen molar-refractivity contribution in [3.8, 4) is 0 Å². The predicted octanol–water partition coefficient (Wildman–Crippen LogP) is 3.08. The van der Waals surface area contributed by atoms with E-state index in [2.05, 4.69) is 10.3 Å². The summed E-state index contributed by atoms with van der Waals surface area (Å²) in [6.07, 6.45) is -4.17. The average molecular weight is 307 g/mol. The molecule has 0 spiro atoms. The molecule has 21 heavy (non-hydrogen) atoms. The summed E-state index contributed by atoms with van der Waals surface area (Å²) in [5, 5.41) is 0. The average Bonchev–Trinajstić information content (AvgIpc) is 2.43. The van der Waals surface area contributed by atoms with Crippen molar-refractivity contribution in [2.45, 2.75) is 32.5 Å². The first-order valence-corrected chi connectivity index (χ1v) is 6.88. The molecule has 0 aliphatic heterocycles. The highest BCUT2D eigenvalue weighted by Crippen LogP contribution is 2.33. The third kappa shape index (κ3) is 4.94. The number of hydrazine groups is 1. The Morgan fingerprint density at radius 2 is 1.86 bits per heavy atom. The van der Waals surface area contributed by atoms with Crippen molar-refractivity contribution < 1.29 is 17.6 Å². The van der Waals surface area contributed by atoms with E-state index in [-0.39, 0.29) is 0 Å². The maximum Gasteiger partial charge on any atom is 0.419 e. The van der Waals surface area contributed by atoms with Crippen LogP contribution in [0.2, 0.25) is 0 Å². The monoisotopic (exact) mass is 307 g/mol. The fourth-order valence-electron chi connectivity index (χ4n) is 2.17. The van der Waals surface area contributed by atoms with Crippen LogP contribution in [0.25, 0.3) is 0 Å². The second-order valence-electron chi connectivity index (χ2n) is 4.77. The van der Waals surface area contributed by atoms with Gasteiger partial charge in [0.05, 0.1) is 5.56 Å². The van der Waals surface area contributed by atoms with Crippen molar-refractivity contribution in [2.24, 2.45) is 5.84 Å². The van der Waals surface area contributed by atoms with Gasteiger partial charge >= 0.3 is 6.18 Å². The lowest BCUT2D eigenvalue weighted by Crippen LogP contribution is -2.33. The second kappa shape index (κ2) is 7.72. The number of nitrogens with two attached hydrogens (primary N) is 1. The van der Waals surface area contributed by atoms with Crippen LogP contribution in [0.4, 0.5) is 17.6 Å². The van der Waals surface area contributed by atoms with Gasteiger partial charge in [-0.1, -0.05) is 19.9 Å². The van der Waals surface area contributed by atoms with E-state index in [9.17, 15) is 17.6 Å². The van der Waals surface area contributed by atoms with Crippen LogP contribution in [0.1, 0.15) is 37.4 Å². The van der Waals surface area contributed by atoms with Crippen LogP contribution < -0.4 is 11.3 Å². The van der Waals surface area contributed by atoms with Gasteiger partial charge in [-0.2, -0.15) is 13.2 Å². The van der Waals surface area contributed by atoms with Crippen molar-refractivity contribution in [1.29, 1.82) is 0 Å². The van der Waals surface area contributed by atoms with Crippen LogP contribution in [0.3, 0.4) is 0 Å². The number of halogens is 4. The predicted molar refractivity (Wildman–Crippen MR) is 73.9 cm³/mol. The Morgan fingerprint density at radius 3 is 2.33 bits per heavy atom. The number of alkyl halides is 3. The van der Waals surface area contributed by atoms with E-state index in [4.69, 9.17) is 5.84 Å². The van der Waals surface area contributed by atoms with Gasteiger partial charge in [-0.3, -0.25) is 11.3 Å². The van der Waals surface area contributed by atoms with Crippen LogP contribution in [0, 0.1) is 5.82 Å². The molecule has 0 heterocycles. The number of nitrogens with zero attached hydrogens (tertiary/aromatic N) is 1. The molecule has 0 saturated carbocycles. The molecule has 0 saturated heterocycles. The molecule has 0 aliphatic carbocycles. The zero-order chi connectivity index (χ0) is 16.0. The molecule has 1 rings (SSSR count). The van der Waals surface area contributed by atoms with Crippen LogP contribution in [0.15, 0.2) is 18.2 Å². The molecule has 3 N–H and O–H groups in total. The fourth-order valence-corrected chi connectivity index (χ4v) is 2.17. The van der Waals surface area contributed by atoms with Gasteiger partial charge < -0.3 is 4.90 Å². The molecular formula is C14H21F4N3. The van der Waals surface area contributed by atoms with Crippen molar-refractivity contribution >= 4 is 0 Å². The maximum atomic E-state index is 13.3. The maximum absolute atomic E-state index is 13.3. The van der Waals surface area contributed by atoms with Crippen LogP contribution >= 0.6 is 0 Å². The summed E-state index contributed by atoms with van der Waals surface area (Å²) in [5.41, 5.74) is 1.57. The van der Waals surface area contributed by atoms with E-state index in [0.29, 0.717) is 18.5 Å². The summed E-state index contributed by atoms with van der Waals surface area (Å²) in [6.45, 7) is 6.42. The van der Waals surface area contributed by atoms with Gasteiger partial charge in [-0.15, -0.1) is 0 Å². The first-order chi connectivity index (χ1) is 9.83. The molecule has 1 aromatic rings. The Kier molecular flexibility index (Phi) is 6.57.